The van der Waals surface area contributed by atoms with E-state index in [2.05, 4.69) is 28.1 Å². The molecule has 3 aromatic heterocycles. The summed E-state index contributed by atoms with van der Waals surface area (Å²) in [5.41, 5.74) is 3.29. The standard InChI is InChI=1S/C26H29N3O2S/c30-25(13-12-20-7-4-5-8-20)28(17-23-11-6-16-31-23)15-14-22-19-32-26-27-24(18-29(22)26)21-9-2-1-3-10-21/h1-3,6,9-11,16,18-20H,4-5,7-8,12-15,17H2. The van der Waals surface area contributed by atoms with Crippen molar-refractivity contribution in [2.24, 2.45) is 5.92 Å². The first-order valence-corrected chi connectivity index (χ1v) is 12.5. The van der Waals surface area contributed by atoms with E-state index in [1.165, 1.54) is 31.4 Å². The first-order chi connectivity index (χ1) is 15.8. The van der Waals surface area contributed by atoms with E-state index in [9.17, 15) is 4.79 Å². The van der Waals surface area contributed by atoms with E-state index >= 15 is 0 Å². The van der Waals surface area contributed by atoms with Crippen molar-refractivity contribution in [1.29, 1.82) is 0 Å². The van der Waals surface area contributed by atoms with E-state index in [0.717, 1.165) is 40.7 Å². The Balaban J connectivity index is 1.28. The first kappa shape index (κ1) is 21.0. The second kappa shape index (κ2) is 9.74. The number of rotatable bonds is 9. The Morgan fingerprint density at radius 3 is 2.78 bits per heavy atom. The van der Waals surface area contributed by atoms with Crippen LogP contribution in [0.25, 0.3) is 16.2 Å². The maximum Gasteiger partial charge on any atom is 0.222 e. The molecule has 0 atom stereocenters. The van der Waals surface area contributed by atoms with Crippen LogP contribution in [0, 0.1) is 5.92 Å². The summed E-state index contributed by atoms with van der Waals surface area (Å²) in [6.45, 7) is 1.21. The third-order valence-corrected chi connectivity index (χ3v) is 7.40. The van der Waals surface area contributed by atoms with Gasteiger partial charge in [-0.1, -0.05) is 56.0 Å². The van der Waals surface area contributed by atoms with E-state index in [1.54, 1.807) is 17.6 Å². The Kier molecular flexibility index (Phi) is 6.39. The normalized spacial score (nSPS) is 14.4. The summed E-state index contributed by atoms with van der Waals surface area (Å²) in [7, 11) is 0. The third-order valence-electron chi connectivity index (χ3n) is 6.51. The molecule has 0 N–H and O–H groups in total. The van der Waals surface area contributed by atoms with E-state index in [0.29, 0.717) is 19.5 Å². The van der Waals surface area contributed by atoms with Crippen LogP contribution in [0.4, 0.5) is 0 Å². The highest BCUT2D eigenvalue weighted by molar-refractivity contribution is 7.15. The Morgan fingerprint density at radius 1 is 1.16 bits per heavy atom. The van der Waals surface area contributed by atoms with Gasteiger partial charge in [0.05, 0.1) is 18.5 Å². The molecule has 0 spiro atoms. The molecule has 4 aromatic rings. The van der Waals surface area contributed by atoms with Crippen LogP contribution in [0.1, 0.15) is 50.0 Å². The predicted octanol–water partition coefficient (Wildman–Crippen LogP) is 6.20. The van der Waals surface area contributed by atoms with Crippen molar-refractivity contribution in [2.45, 2.75) is 51.5 Å². The molecule has 0 unspecified atom stereocenters. The van der Waals surface area contributed by atoms with Crippen LogP contribution in [-0.4, -0.2) is 26.7 Å². The number of thiazole rings is 1. The number of imidazole rings is 1. The minimum Gasteiger partial charge on any atom is -0.467 e. The van der Waals surface area contributed by atoms with E-state index in [-0.39, 0.29) is 5.91 Å². The number of aromatic nitrogens is 2. The average Bonchev–Trinajstić information content (AvgIpc) is 3.61. The van der Waals surface area contributed by atoms with Crippen molar-refractivity contribution in [3.63, 3.8) is 0 Å². The lowest BCUT2D eigenvalue weighted by atomic mass is 10.0. The fourth-order valence-electron chi connectivity index (χ4n) is 4.67. The molecule has 1 amide bonds. The van der Waals surface area contributed by atoms with E-state index in [4.69, 9.17) is 9.40 Å². The number of hydrogen-bond acceptors (Lipinski definition) is 4. The van der Waals surface area contributed by atoms with Crippen LogP contribution in [0.15, 0.2) is 64.7 Å². The third kappa shape index (κ3) is 4.80. The Hall–Kier alpha value is -2.86. The van der Waals surface area contributed by atoms with Gasteiger partial charge >= 0.3 is 0 Å². The second-order valence-electron chi connectivity index (χ2n) is 8.71. The minimum absolute atomic E-state index is 0.232. The molecular weight excluding hydrogens is 418 g/mol. The zero-order valence-electron chi connectivity index (χ0n) is 18.3. The number of carbonyl (C=O) groups excluding carboxylic acids is 1. The van der Waals surface area contributed by atoms with Gasteiger partial charge in [0.25, 0.3) is 0 Å². The summed E-state index contributed by atoms with van der Waals surface area (Å²) in [6, 6.07) is 14.1. The van der Waals surface area contributed by atoms with Gasteiger partial charge in [-0.25, -0.2) is 4.98 Å². The minimum atomic E-state index is 0.232. The summed E-state index contributed by atoms with van der Waals surface area (Å²) >= 11 is 1.65. The number of nitrogens with zero attached hydrogens (tertiary/aromatic N) is 3. The molecule has 1 saturated carbocycles. The van der Waals surface area contributed by atoms with Crippen LogP contribution in [0.3, 0.4) is 0 Å². The number of amides is 1. The highest BCUT2D eigenvalue weighted by atomic mass is 32.1. The van der Waals surface area contributed by atoms with Crippen molar-refractivity contribution in [2.75, 3.05) is 6.54 Å². The zero-order chi connectivity index (χ0) is 21.8. The van der Waals surface area contributed by atoms with Crippen molar-refractivity contribution < 1.29 is 9.21 Å². The maximum absolute atomic E-state index is 13.1. The van der Waals surface area contributed by atoms with Gasteiger partial charge in [0.15, 0.2) is 4.96 Å². The number of hydrogen-bond donors (Lipinski definition) is 0. The fraction of sp³-hybridized carbons (Fsp3) is 0.385. The molecule has 5 nitrogen and oxygen atoms in total. The second-order valence-corrected chi connectivity index (χ2v) is 9.54. The van der Waals surface area contributed by atoms with Crippen LogP contribution in [-0.2, 0) is 17.8 Å². The zero-order valence-corrected chi connectivity index (χ0v) is 19.1. The highest BCUT2D eigenvalue weighted by Gasteiger charge is 2.20. The quantitative estimate of drug-likeness (QED) is 0.307. The summed E-state index contributed by atoms with van der Waals surface area (Å²) in [6.07, 6.45) is 11.4. The molecule has 1 aliphatic carbocycles. The van der Waals surface area contributed by atoms with Gasteiger partial charge in [-0.3, -0.25) is 9.20 Å². The van der Waals surface area contributed by atoms with Crippen molar-refractivity contribution in [3.05, 3.63) is 71.8 Å². The molecule has 0 aliphatic heterocycles. The Bertz CT molecular complexity index is 1140. The van der Waals surface area contributed by atoms with Crippen LogP contribution < -0.4 is 0 Å². The predicted molar refractivity (Wildman–Crippen MR) is 128 cm³/mol. The lowest BCUT2D eigenvalue weighted by Crippen LogP contribution is -2.32. The molecule has 5 rings (SSSR count). The van der Waals surface area contributed by atoms with Crippen LogP contribution in [0.2, 0.25) is 0 Å². The summed E-state index contributed by atoms with van der Waals surface area (Å²) in [5.74, 6) is 1.79. The molecule has 1 aromatic carbocycles. The van der Waals surface area contributed by atoms with Gasteiger partial charge in [-0.2, -0.15) is 0 Å². The van der Waals surface area contributed by atoms with E-state index < -0.39 is 0 Å². The molecule has 1 fully saturated rings. The Labute approximate surface area is 192 Å². The topological polar surface area (TPSA) is 50.8 Å². The lowest BCUT2D eigenvalue weighted by Gasteiger charge is -2.22. The number of furan rings is 1. The van der Waals surface area contributed by atoms with Gasteiger partial charge in [-0.15, -0.1) is 11.3 Å². The highest BCUT2D eigenvalue weighted by Crippen LogP contribution is 2.29. The number of benzene rings is 1. The largest absolute Gasteiger partial charge is 0.467 e. The molecule has 32 heavy (non-hydrogen) atoms. The molecular formula is C26H29N3O2S. The number of fused-ring (bicyclic) bond motifs is 1. The van der Waals surface area contributed by atoms with Gasteiger partial charge in [-0.05, 0) is 24.5 Å². The van der Waals surface area contributed by atoms with Gasteiger partial charge in [0.1, 0.15) is 5.76 Å². The summed E-state index contributed by atoms with van der Waals surface area (Å²) in [4.78, 5) is 20.8. The molecule has 1 aliphatic rings. The molecule has 0 bridgehead atoms. The molecule has 0 radical (unpaired) electrons. The van der Waals surface area contributed by atoms with Gasteiger partial charge < -0.3 is 9.32 Å². The van der Waals surface area contributed by atoms with E-state index in [1.807, 2.05) is 35.2 Å². The fourth-order valence-corrected chi connectivity index (χ4v) is 5.58. The summed E-state index contributed by atoms with van der Waals surface area (Å²) < 4.78 is 7.71. The van der Waals surface area contributed by atoms with Crippen LogP contribution >= 0.6 is 11.3 Å². The first-order valence-electron chi connectivity index (χ1n) is 11.6. The number of carbonyl (C=O) groups is 1. The smallest absolute Gasteiger partial charge is 0.222 e. The van der Waals surface area contributed by atoms with Gasteiger partial charge in [0, 0.05) is 42.2 Å². The Morgan fingerprint density at radius 2 is 2.00 bits per heavy atom. The van der Waals surface area contributed by atoms with Crippen molar-refractivity contribution in [1.82, 2.24) is 14.3 Å². The van der Waals surface area contributed by atoms with Gasteiger partial charge in [0.2, 0.25) is 5.91 Å². The molecule has 0 saturated heterocycles. The summed E-state index contributed by atoms with van der Waals surface area (Å²) in [5, 5.41) is 2.16. The van der Waals surface area contributed by atoms with Crippen molar-refractivity contribution >= 4 is 22.2 Å². The molecule has 6 heteroatoms. The monoisotopic (exact) mass is 447 g/mol. The maximum atomic E-state index is 13.1. The lowest BCUT2D eigenvalue weighted by molar-refractivity contribution is -0.132. The van der Waals surface area contributed by atoms with Crippen molar-refractivity contribution in [3.8, 4) is 11.3 Å². The molecule has 3 heterocycles. The van der Waals surface area contributed by atoms with Crippen LogP contribution in [0.5, 0.6) is 0 Å². The molecule has 166 valence electrons. The SMILES string of the molecule is O=C(CCC1CCCC1)N(CCc1csc2nc(-c3ccccc3)cn12)Cc1ccco1. The average molecular weight is 448 g/mol.